The number of benzene rings is 1. The standard InChI is InChI=1S/C9H8F3NO2/c10-9(11,12)7-3-1-6(2-4-7)5-8(14)13-15/h1-4,15H,5H2,(H,13,14). The van der Waals surface area contributed by atoms with E-state index >= 15 is 0 Å². The first-order valence-electron chi connectivity index (χ1n) is 4.02. The van der Waals surface area contributed by atoms with Gasteiger partial charge in [-0.15, -0.1) is 0 Å². The van der Waals surface area contributed by atoms with Crippen LogP contribution in [0.15, 0.2) is 24.3 Å². The molecule has 0 atom stereocenters. The third-order valence-corrected chi connectivity index (χ3v) is 1.77. The van der Waals surface area contributed by atoms with Crippen molar-refractivity contribution in [2.75, 3.05) is 0 Å². The molecular formula is C9H8F3NO2. The first kappa shape index (κ1) is 11.5. The molecule has 82 valence electrons. The van der Waals surface area contributed by atoms with E-state index < -0.39 is 17.6 Å². The number of rotatable bonds is 2. The first-order chi connectivity index (χ1) is 6.93. The van der Waals surface area contributed by atoms with Crippen LogP contribution in [0.3, 0.4) is 0 Å². The number of nitrogens with one attached hydrogen (secondary N) is 1. The number of carbonyl (C=O) groups excluding carboxylic acids is 1. The van der Waals surface area contributed by atoms with Crippen LogP contribution in [0, 0.1) is 0 Å². The van der Waals surface area contributed by atoms with Crippen LogP contribution in [0.2, 0.25) is 0 Å². The Labute approximate surface area is 83.5 Å². The zero-order valence-electron chi connectivity index (χ0n) is 7.51. The molecule has 0 unspecified atom stereocenters. The molecule has 2 N–H and O–H groups in total. The van der Waals surface area contributed by atoms with Crippen LogP contribution in [0.4, 0.5) is 13.2 Å². The normalized spacial score (nSPS) is 11.2. The fourth-order valence-corrected chi connectivity index (χ4v) is 1.04. The Morgan fingerprint density at radius 1 is 1.27 bits per heavy atom. The highest BCUT2D eigenvalue weighted by Crippen LogP contribution is 2.29. The Morgan fingerprint density at radius 3 is 2.20 bits per heavy atom. The number of hydroxylamine groups is 1. The van der Waals surface area contributed by atoms with Crippen molar-refractivity contribution < 1.29 is 23.2 Å². The zero-order chi connectivity index (χ0) is 11.5. The molecule has 15 heavy (non-hydrogen) atoms. The molecule has 3 nitrogen and oxygen atoms in total. The average molecular weight is 219 g/mol. The van der Waals surface area contributed by atoms with Gasteiger partial charge in [-0.25, -0.2) is 5.48 Å². The fraction of sp³-hybridized carbons (Fsp3) is 0.222. The molecule has 0 saturated carbocycles. The second-order valence-electron chi connectivity index (χ2n) is 2.91. The molecule has 0 aliphatic carbocycles. The Bertz CT molecular complexity index is 345. The van der Waals surface area contributed by atoms with Gasteiger partial charge in [0.2, 0.25) is 5.91 Å². The highest BCUT2D eigenvalue weighted by Gasteiger charge is 2.29. The molecule has 0 heterocycles. The van der Waals surface area contributed by atoms with Gasteiger partial charge in [-0.3, -0.25) is 10.0 Å². The summed E-state index contributed by atoms with van der Waals surface area (Å²) < 4.78 is 36.4. The molecule has 1 aromatic carbocycles. The lowest BCUT2D eigenvalue weighted by molar-refractivity contribution is -0.137. The first-order valence-corrected chi connectivity index (χ1v) is 4.02. The molecule has 1 aromatic rings. The number of hydrogen-bond acceptors (Lipinski definition) is 2. The van der Waals surface area contributed by atoms with Crippen molar-refractivity contribution in [1.82, 2.24) is 5.48 Å². The molecule has 0 spiro atoms. The lowest BCUT2D eigenvalue weighted by Crippen LogP contribution is -2.20. The summed E-state index contributed by atoms with van der Waals surface area (Å²) in [5.74, 6) is -0.672. The maximum Gasteiger partial charge on any atom is 0.416 e. The maximum atomic E-state index is 12.1. The zero-order valence-corrected chi connectivity index (χ0v) is 7.51. The van der Waals surface area contributed by atoms with Gasteiger partial charge in [-0.05, 0) is 17.7 Å². The summed E-state index contributed by atoms with van der Waals surface area (Å²) >= 11 is 0. The quantitative estimate of drug-likeness (QED) is 0.588. The smallest absolute Gasteiger partial charge is 0.289 e. The number of halogens is 3. The van der Waals surface area contributed by atoms with Gasteiger partial charge in [0.15, 0.2) is 0 Å². The third-order valence-electron chi connectivity index (χ3n) is 1.77. The minimum absolute atomic E-state index is 0.158. The number of hydrogen-bond donors (Lipinski definition) is 2. The molecular weight excluding hydrogens is 211 g/mol. The van der Waals surface area contributed by atoms with Crippen LogP contribution in [0.1, 0.15) is 11.1 Å². The van der Waals surface area contributed by atoms with E-state index in [1.807, 2.05) is 0 Å². The highest BCUT2D eigenvalue weighted by molar-refractivity contribution is 5.77. The number of amides is 1. The van der Waals surface area contributed by atoms with Crippen molar-refractivity contribution >= 4 is 5.91 Å². The van der Waals surface area contributed by atoms with Gasteiger partial charge in [0.25, 0.3) is 0 Å². The van der Waals surface area contributed by atoms with Crippen molar-refractivity contribution in [3.05, 3.63) is 35.4 Å². The lowest BCUT2D eigenvalue weighted by Gasteiger charge is -2.06. The second-order valence-corrected chi connectivity index (χ2v) is 2.91. The predicted molar refractivity (Wildman–Crippen MR) is 45.1 cm³/mol. The summed E-state index contributed by atoms with van der Waals surface area (Å²) in [6.07, 6.45) is -4.54. The van der Waals surface area contributed by atoms with Crippen molar-refractivity contribution in [2.45, 2.75) is 12.6 Å². The molecule has 0 saturated heterocycles. The topological polar surface area (TPSA) is 49.3 Å². The van der Waals surface area contributed by atoms with Crippen LogP contribution >= 0.6 is 0 Å². The lowest BCUT2D eigenvalue weighted by atomic mass is 10.1. The van der Waals surface area contributed by atoms with Gasteiger partial charge in [-0.1, -0.05) is 12.1 Å². The van der Waals surface area contributed by atoms with Crippen molar-refractivity contribution in [3.8, 4) is 0 Å². The van der Waals surface area contributed by atoms with Crippen molar-refractivity contribution in [3.63, 3.8) is 0 Å². The van der Waals surface area contributed by atoms with Crippen molar-refractivity contribution in [1.29, 1.82) is 0 Å². The van der Waals surface area contributed by atoms with E-state index in [-0.39, 0.29) is 6.42 Å². The minimum Gasteiger partial charge on any atom is -0.289 e. The fourth-order valence-electron chi connectivity index (χ4n) is 1.04. The highest BCUT2D eigenvalue weighted by atomic mass is 19.4. The summed E-state index contributed by atoms with van der Waals surface area (Å²) in [6, 6.07) is 4.16. The van der Waals surface area contributed by atoms with Crippen LogP contribution in [0.25, 0.3) is 0 Å². The number of alkyl halides is 3. The maximum absolute atomic E-state index is 12.1. The van der Waals surface area contributed by atoms with Crippen molar-refractivity contribution in [2.24, 2.45) is 0 Å². The molecule has 0 bridgehead atoms. The Hall–Kier alpha value is -1.56. The SMILES string of the molecule is O=C(Cc1ccc(C(F)(F)F)cc1)NO. The summed E-state index contributed by atoms with van der Waals surface area (Å²) in [4.78, 5) is 10.7. The van der Waals surface area contributed by atoms with E-state index in [9.17, 15) is 18.0 Å². The molecule has 0 aromatic heterocycles. The summed E-state index contributed by atoms with van der Waals surface area (Å²) in [7, 11) is 0. The minimum atomic E-state index is -4.38. The van der Waals surface area contributed by atoms with Crippen LogP contribution in [0.5, 0.6) is 0 Å². The van der Waals surface area contributed by atoms with E-state index in [1.54, 1.807) is 0 Å². The van der Waals surface area contributed by atoms with E-state index in [1.165, 1.54) is 17.6 Å². The van der Waals surface area contributed by atoms with Crippen LogP contribution < -0.4 is 5.48 Å². The van der Waals surface area contributed by atoms with Gasteiger partial charge < -0.3 is 0 Å². The summed E-state index contributed by atoms with van der Waals surface area (Å²) in [5, 5.41) is 8.20. The molecule has 6 heteroatoms. The monoisotopic (exact) mass is 219 g/mol. The molecule has 1 amide bonds. The molecule has 0 aliphatic rings. The summed E-state index contributed by atoms with van der Waals surface area (Å²) in [5.41, 5.74) is 1.03. The second kappa shape index (κ2) is 4.31. The third kappa shape index (κ3) is 3.25. The van der Waals surface area contributed by atoms with E-state index in [2.05, 4.69) is 0 Å². The van der Waals surface area contributed by atoms with Gasteiger partial charge in [0, 0.05) is 0 Å². The van der Waals surface area contributed by atoms with Gasteiger partial charge in [-0.2, -0.15) is 13.2 Å². The predicted octanol–water partition coefficient (Wildman–Crippen LogP) is 1.75. The Balaban J connectivity index is 2.77. The molecule has 0 radical (unpaired) electrons. The van der Waals surface area contributed by atoms with E-state index in [4.69, 9.17) is 5.21 Å². The van der Waals surface area contributed by atoms with Crippen LogP contribution in [-0.4, -0.2) is 11.1 Å². The molecule has 0 aliphatic heterocycles. The van der Waals surface area contributed by atoms with E-state index in [0.717, 1.165) is 12.1 Å². The molecule has 1 rings (SSSR count). The van der Waals surface area contributed by atoms with Gasteiger partial charge >= 0.3 is 6.18 Å². The summed E-state index contributed by atoms with van der Waals surface area (Å²) in [6.45, 7) is 0. The van der Waals surface area contributed by atoms with Gasteiger partial charge in [0.05, 0.1) is 12.0 Å². The molecule has 0 fully saturated rings. The number of carbonyl (C=O) groups is 1. The van der Waals surface area contributed by atoms with Crippen LogP contribution in [-0.2, 0) is 17.4 Å². The largest absolute Gasteiger partial charge is 0.416 e. The van der Waals surface area contributed by atoms with Gasteiger partial charge in [0.1, 0.15) is 0 Å². The Morgan fingerprint density at radius 2 is 1.80 bits per heavy atom. The average Bonchev–Trinajstić information content (AvgIpc) is 2.17. The Kier molecular flexibility index (Phi) is 3.31. The van der Waals surface area contributed by atoms with E-state index in [0.29, 0.717) is 5.56 Å².